The first-order chi connectivity index (χ1) is 8.04. The Morgan fingerprint density at radius 2 is 2.18 bits per heavy atom. The highest BCUT2D eigenvalue weighted by molar-refractivity contribution is 9.11. The number of hydrogen-bond acceptors (Lipinski definition) is 4. The molecule has 2 rings (SSSR count). The van der Waals surface area contributed by atoms with E-state index in [4.69, 9.17) is 5.73 Å². The van der Waals surface area contributed by atoms with Gasteiger partial charge in [-0.3, -0.25) is 0 Å². The van der Waals surface area contributed by atoms with Crippen molar-refractivity contribution < 1.29 is 0 Å². The summed E-state index contributed by atoms with van der Waals surface area (Å²) in [5.74, 6) is 0.788. The van der Waals surface area contributed by atoms with Crippen molar-refractivity contribution in [3.05, 3.63) is 33.4 Å². The van der Waals surface area contributed by atoms with Crippen LogP contribution in [0.2, 0.25) is 0 Å². The number of hydrogen-bond donors (Lipinski definition) is 1. The molecule has 0 bridgehead atoms. The monoisotopic (exact) mass is 311 g/mol. The largest absolute Gasteiger partial charge is 0.328 e. The van der Waals surface area contributed by atoms with E-state index in [2.05, 4.69) is 25.9 Å². The van der Waals surface area contributed by atoms with Crippen LogP contribution in [0.25, 0.3) is 10.7 Å². The molecule has 5 heteroatoms. The lowest BCUT2D eigenvalue weighted by molar-refractivity contribution is 0.719. The number of nitrogens with two attached hydrogens (primary N) is 1. The maximum absolute atomic E-state index is 5.80. The Balaban J connectivity index is 2.37. The van der Waals surface area contributed by atoms with Crippen LogP contribution in [0, 0.1) is 6.92 Å². The molecule has 0 radical (unpaired) electrons. The zero-order valence-electron chi connectivity index (χ0n) is 9.77. The van der Waals surface area contributed by atoms with Gasteiger partial charge >= 0.3 is 0 Å². The van der Waals surface area contributed by atoms with Crippen LogP contribution in [0.15, 0.2) is 22.0 Å². The van der Waals surface area contributed by atoms with Crippen molar-refractivity contribution in [2.45, 2.75) is 26.3 Å². The van der Waals surface area contributed by atoms with Crippen LogP contribution in [0.3, 0.4) is 0 Å². The molecular formula is C12H14BrN3S. The van der Waals surface area contributed by atoms with Gasteiger partial charge in [-0.05, 0) is 48.0 Å². The lowest BCUT2D eigenvalue weighted by atomic mass is 10.2. The molecule has 3 nitrogen and oxygen atoms in total. The van der Waals surface area contributed by atoms with Crippen molar-refractivity contribution in [3.63, 3.8) is 0 Å². The van der Waals surface area contributed by atoms with E-state index in [9.17, 15) is 0 Å². The van der Waals surface area contributed by atoms with Gasteiger partial charge in [0.05, 0.1) is 8.66 Å². The minimum absolute atomic E-state index is 0.118. The first-order valence-electron chi connectivity index (χ1n) is 5.40. The highest BCUT2D eigenvalue weighted by Gasteiger charge is 2.08. The van der Waals surface area contributed by atoms with E-state index < -0.39 is 0 Å². The van der Waals surface area contributed by atoms with E-state index in [1.807, 2.05) is 32.0 Å². The topological polar surface area (TPSA) is 51.8 Å². The van der Waals surface area contributed by atoms with Crippen molar-refractivity contribution >= 4 is 27.3 Å². The molecule has 0 amide bonds. The Bertz CT molecular complexity index is 522. The highest BCUT2D eigenvalue weighted by atomic mass is 79.9. The van der Waals surface area contributed by atoms with Crippen molar-refractivity contribution in [1.29, 1.82) is 0 Å². The summed E-state index contributed by atoms with van der Waals surface area (Å²) in [6, 6.07) is 6.15. The summed E-state index contributed by atoms with van der Waals surface area (Å²) in [5.41, 5.74) is 7.79. The number of nitrogens with zero attached hydrogens (tertiary/aromatic N) is 2. The maximum atomic E-state index is 5.80. The van der Waals surface area contributed by atoms with Crippen LogP contribution >= 0.6 is 27.3 Å². The summed E-state index contributed by atoms with van der Waals surface area (Å²) in [5, 5.41) is 0. The first-order valence-corrected chi connectivity index (χ1v) is 7.01. The fraction of sp³-hybridized carbons (Fsp3) is 0.333. The van der Waals surface area contributed by atoms with Crippen molar-refractivity contribution in [2.24, 2.45) is 5.73 Å². The summed E-state index contributed by atoms with van der Waals surface area (Å²) >= 11 is 5.09. The smallest absolute Gasteiger partial charge is 0.169 e. The molecule has 1 unspecified atom stereocenters. The summed E-state index contributed by atoms with van der Waals surface area (Å²) in [4.78, 5) is 10.1. The molecule has 2 heterocycles. The van der Waals surface area contributed by atoms with Crippen LogP contribution in [0.4, 0.5) is 0 Å². The van der Waals surface area contributed by atoms with Gasteiger partial charge in [0, 0.05) is 23.9 Å². The van der Waals surface area contributed by atoms with Gasteiger partial charge in [-0.2, -0.15) is 0 Å². The number of thiophene rings is 1. The molecule has 17 heavy (non-hydrogen) atoms. The summed E-state index contributed by atoms with van der Waals surface area (Å²) in [6.45, 7) is 3.97. The third-order valence-corrected chi connectivity index (χ3v) is 3.85. The van der Waals surface area contributed by atoms with E-state index in [1.54, 1.807) is 11.3 Å². The lowest BCUT2D eigenvalue weighted by Gasteiger charge is -2.07. The van der Waals surface area contributed by atoms with Gasteiger partial charge in [-0.15, -0.1) is 11.3 Å². The fourth-order valence-electron chi connectivity index (χ4n) is 1.61. The van der Waals surface area contributed by atoms with E-state index in [-0.39, 0.29) is 6.04 Å². The van der Waals surface area contributed by atoms with Crippen molar-refractivity contribution in [1.82, 2.24) is 9.97 Å². The number of halogens is 1. The molecule has 0 saturated carbocycles. The van der Waals surface area contributed by atoms with Gasteiger partial charge in [-0.1, -0.05) is 0 Å². The Morgan fingerprint density at radius 3 is 2.76 bits per heavy atom. The van der Waals surface area contributed by atoms with E-state index >= 15 is 0 Å². The number of aromatic nitrogens is 2. The molecule has 0 saturated heterocycles. The van der Waals surface area contributed by atoms with Crippen LogP contribution < -0.4 is 5.73 Å². The Morgan fingerprint density at radius 1 is 1.41 bits per heavy atom. The molecule has 0 aliphatic rings. The average molecular weight is 312 g/mol. The third kappa shape index (κ3) is 3.34. The molecular weight excluding hydrogens is 298 g/mol. The number of aryl methyl sites for hydroxylation is 1. The molecule has 0 aliphatic heterocycles. The summed E-state index contributed by atoms with van der Waals surface area (Å²) < 4.78 is 1.09. The molecule has 0 aromatic carbocycles. The molecule has 1 atom stereocenters. The van der Waals surface area contributed by atoms with E-state index in [0.717, 1.165) is 32.3 Å². The van der Waals surface area contributed by atoms with Gasteiger partial charge in [0.25, 0.3) is 0 Å². The normalized spacial score (nSPS) is 12.7. The quantitative estimate of drug-likeness (QED) is 0.947. The predicted octanol–water partition coefficient (Wildman–Crippen LogP) is 3.17. The second-order valence-corrected chi connectivity index (χ2v) is 6.57. The zero-order valence-corrected chi connectivity index (χ0v) is 12.2. The van der Waals surface area contributed by atoms with Crippen LogP contribution in [-0.2, 0) is 6.42 Å². The molecule has 2 aromatic heterocycles. The minimum atomic E-state index is 0.118. The first kappa shape index (κ1) is 12.7. The highest BCUT2D eigenvalue weighted by Crippen LogP contribution is 2.29. The molecule has 2 aromatic rings. The fourth-order valence-corrected chi connectivity index (χ4v) is 2.93. The Labute approximate surface area is 113 Å². The minimum Gasteiger partial charge on any atom is -0.328 e. The summed E-state index contributed by atoms with van der Waals surface area (Å²) in [6.07, 6.45) is 0.781. The van der Waals surface area contributed by atoms with Gasteiger partial charge in [-0.25, -0.2) is 9.97 Å². The van der Waals surface area contributed by atoms with Gasteiger partial charge < -0.3 is 5.73 Å². The summed E-state index contributed by atoms with van der Waals surface area (Å²) in [7, 11) is 0. The third-order valence-electron chi connectivity index (χ3n) is 2.23. The van der Waals surface area contributed by atoms with E-state index in [1.165, 1.54) is 0 Å². The second-order valence-electron chi connectivity index (χ2n) is 4.11. The SMILES string of the molecule is Cc1cc(CC(C)N)nc(-c2ccc(Br)s2)n1. The zero-order chi connectivity index (χ0) is 12.4. The maximum Gasteiger partial charge on any atom is 0.169 e. The van der Waals surface area contributed by atoms with Crippen molar-refractivity contribution in [2.75, 3.05) is 0 Å². The van der Waals surface area contributed by atoms with E-state index in [0.29, 0.717) is 0 Å². The Kier molecular flexibility index (Phi) is 3.91. The predicted molar refractivity (Wildman–Crippen MR) is 75.1 cm³/mol. The second kappa shape index (κ2) is 5.25. The molecule has 2 N–H and O–H groups in total. The molecule has 0 spiro atoms. The number of rotatable bonds is 3. The average Bonchev–Trinajstić information content (AvgIpc) is 2.62. The van der Waals surface area contributed by atoms with Gasteiger partial charge in [0.15, 0.2) is 5.82 Å². The lowest BCUT2D eigenvalue weighted by Crippen LogP contribution is -2.18. The molecule has 0 fully saturated rings. The van der Waals surface area contributed by atoms with Crippen LogP contribution in [0.1, 0.15) is 18.3 Å². The van der Waals surface area contributed by atoms with Crippen LogP contribution in [-0.4, -0.2) is 16.0 Å². The Hall–Kier alpha value is -0.780. The van der Waals surface area contributed by atoms with Crippen LogP contribution in [0.5, 0.6) is 0 Å². The standard InChI is InChI=1S/C12H14BrN3S/c1-7(14)5-9-6-8(2)15-12(16-9)10-3-4-11(13)17-10/h3-4,6-7H,5,14H2,1-2H3. The van der Waals surface area contributed by atoms with Gasteiger partial charge in [0.2, 0.25) is 0 Å². The molecule has 90 valence electrons. The van der Waals surface area contributed by atoms with Crippen molar-refractivity contribution in [3.8, 4) is 10.7 Å². The molecule has 0 aliphatic carbocycles. The van der Waals surface area contributed by atoms with Gasteiger partial charge in [0.1, 0.15) is 0 Å².